The minimum absolute atomic E-state index is 0.00938. The van der Waals surface area contributed by atoms with Crippen LogP contribution in [0.25, 0.3) is 0 Å². The number of carbonyl (C=O) groups is 1. The molecule has 0 fully saturated rings. The summed E-state index contributed by atoms with van der Waals surface area (Å²) in [6.07, 6.45) is -0.0266. The monoisotopic (exact) mass is 332 g/mol. The second-order valence-electron chi connectivity index (χ2n) is 3.60. The van der Waals surface area contributed by atoms with Crippen molar-refractivity contribution in [1.82, 2.24) is 0 Å². The Hall–Kier alpha value is -1.67. The van der Waals surface area contributed by atoms with E-state index < -0.39 is 10.9 Å². The number of halogens is 1. The summed E-state index contributed by atoms with van der Waals surface area (Å²) in [6.45, 7) is 1.01. The molecule has 1 aromatic rings. The van der Waals surface area contributed by atoms with Gasteiger partial charge in [0.25, 0.3) is 5.69 Å². The van der Waals surface area contributed by atoms with Crippen molar-refractivity contribution in [3.8, 4) is 0 Å². The molecular formula is C11H13BrN2O5. The molecule has 0 spiro atoms. The highest BCUT2D eigenvalue weighted by Gasteiger charge is 2.08. The number of nitro groups is 1. The third kappa shape index (κ3) is 5.66. The van der Waals surface area contributed by atoms with Crippen molar-refractivity contribution in [2.75, 3.05) is 25.1 Å². The first-order valence-electron chi connectivity index (χ1n) is 5.48. The van der Waals surface area contributed by atoms with Gasteiger partial charge in [-0.2, -0.15) is 0 Å². The van der Waals surface area contributed by atoms with Gasteiger partial charge in [0.05, 0.1) is 24.6 Å². The molecule has 0 radical (unpaired) electrons. The minimum Gasteiger partial charge on any atom is -0.481 e. The minimum atomic E-state index is -0.897. The van der Waals surface area contributed by atoms with E-state index in [1.54, 1.807) is 6.07 Å². The maximum absolute atomic E-state index is 10.5. The summed E-state index contributed by atoms with van der Waals surface area (Å²) in [6, 6.07) is 4.41. The third-order valence-corrected chi connectivity index (χ3v) is 2.84. The summed E-state index contributed by atoms with van der Waals surface area (Å²) in [7, 11) is 0. The second-order valence-corrected chi connectivity index (χ2v) is 4.46. The number of hydrogen-bond acceptors (Lipinski definition) is 5. The molecule has 0 atom stereocenters. The van der Waals surface area contributed by atoms with Gasteiger partial charge in [-0.15, -0.1) is 0 Å². The molecule has 0 heterocycles. The molecular weight excluding hydrogens is 320 g/mol. The number of carboxylic acid groups (broad SMARTS) is 1. The van der Waals surface area contributed by atoms with Crippen molar-refractivity contribution >= 4 is 33.3 Å². The average Bonchev–Trinajstić information content (AvgIpc) is 2.34. The van der Waals surface area contributed by atoms with Gasteiger partial charge in [0.15, 0.2) is 0 Å². The molecule has 0 aliphatic heterocycles. The second kappa shape index (κ2) is 7.70. The molecule has 1 rings (SSSR count). The Labute approximate surface area is 117 Å². The summed E-state index contributed by atoms with van der Waals surface area (Å²) in [5.74, 6) is -0.897. The Bertz CT molecular complexity index is 466. The first-order valence-corrected chi connectivity index (χ1v) is 6.27. The van der Waals surface area contributed by atoms with Crippen molar-refractivity contribution in [2.24, 2.45) is 0 Å². The Morgan fingerprint density at radius 1 is 1.47 bits per heavy atom. The maximum atomic E-state index is 10.5. The Balaban J connectivity index is 2.33. The molecule has 0 saturated heterocycles. The number of anilines is 1. The van der Waals surface area contributed by atoms with Gasteiger partial charge in [0.2, 0.25) is 0 Å². The molecule has 0 amide bonds. The quantitative estimate of drug-likeness (QED) is 0.430. The zero-order valence-electron chi connectivity index (χ0n) is 9.97. The van der Waals surface area contributed by atoms with Crippen LogP contribution in [0.3, 0.4) is 0 Å². The number of non-ortho nitro benzene ring substituents is 1. The number of carboxylic acids is 1. The molecule has 19 heavy (non-hydrogen) atoms. The SMILES string of the molecule is O=C(O)CCOCCNc1ccc([N+](=O)[O-])cc1Br. The highest BCUT2D eigenvalue weighted by atomic mass is 79.9. The fraction of sp³-hybridized carbons (Fsp3) is 0.364. The van der Waals surface area contributed by atoms with E-state index in [0.29, 0.717) is 23.3 Å². The van der Waals surface area contributed by atoms with Crippen LogP contribution in [0.2, 0.25) is 0 Å². The van der Waals surface area contributed by atoms with Crippen molar-refractivity contribution < 1.29 is 19.6 Å². The van der Waals surface area contributed by atoms with Gasteiger partial charge in [0.1, 0.15) is 0 Å². The molecule has 8 heteroatoms. The Morgan fingerprint density at radius 3 is 2.79 bits per heavy atom. The van der Waals surface area contributed by atoms with E-state index >= 15 is 0 Å². The van der Waals surface area contributed by atoms with Gasteiger partial charge in [-0.1, -0.05) is 0 Å². The van der Waals surface area contributed by atoms with E-state index in [1.165, 1.54) is 12.1 Å². The normalized spacial score (nSPS) is 10.2. The molecule has 7 nitrogen and oxygen atoms in total. The fourth-order valence-corrected chi connectivity index (χ4v) is 1.79. The zero-order valence-corrected chi connectivity index (χ0v) is 11.6. The van der Waals surface area contributed by atoms with Gasteiger partial charge < -0.3 is 15.2 Å². The first-order chi connectivity index (χ1) is 9.00. The van der Waals surface area contributed by atoms with Gasteiger partial charge in [-0.3, -0.25) is 14.9 Å². The van der Waals surface area contributed by atoms with E-state index in [2.05, 4.69) is 21.2 Å². The van der Waals surface area contributed by atoms with Crippen LogP contribution >= 0.6 is 15.9 Å². The van der Waals surface area contributed by atoms with Crippen molar-refractivity contribution in [3.63, 3.8) is 0 Å². The van der Waals surface area contributed by atoms with Crippen LogP contribution in [0.4, 0.5) is 11.4 Å². The molecule has 104 valence electrons. The van der Waals surface area contributed by atoms with E-state index in [0.717, 1.165) is 0 Å². The largest absolute Gasteiger partial charge is 0.481 e. The number of benzene rings is 1. The highest BCUT2D eigenvalue weighted by molar-refractivity contribution is 9.10. The predicted octanol–water partition coefficient (Wildman–Crippen LogP) is 2.26. The van der Waals surface area contributed by atoms with E-state index in [4.69, 9.17) is 9.84 Å². The summed E-state index contributed by atoms with van der Waals surface area (Å²) in [4.78, 5) is 20.3. The topological polar surface area (TPSA) is 102 Å². The molecule has 0 aromatic heterocycles. The van der Waals surface area contributed by atoms with Crippen LogP contribution in [-0.4, -0.2) is 35.8 Å². The van der Waals surface area contributed by atoms with Gasteiger partial charge in [0, 0.05) is 28.8 Å². The highest BCUT2D eigenvalue weighted by Crippen LogP contribution is 2.26. The lowest BCUT2D eigenvalue weighted by atomic mass is 10.3. The maximum Gasteiger partial charge on any atom is 0.305 e. The summed E-state index contributed by atoms with van der Waals surface area (Å²) >= 11 is 3.23. The van der Waals surface area contributed by atoms with Crippen LogP contribution in [0.15, 0.2) is 22.7 Å². The van der Waals surface area contributed by atoms with E-state index in [-0.39, 0.29) is 18.7 Å². The van der Waals surface area contributed by atoms with Crippen LogP contribution in [-0.2, 0) is 9.53 Å². The van der Waals surface area contributed by atoms with Crippen LogP contribution < -0.4 is 5.32 Å². The van der Waals surface area contributed by atoms with Crippen molar-refractivity contribution in [3.05, 3.63) is 32.8 Å². The van der Waals surface area contributed by atoms with Gasteiger partial charge in [-0.25, -0.2) is 0 Å². The standard InChI is InChI=1S/C11H13BrN2O5/c12-9-7-8(14(17)18)1-2-10(9)13-4-6-19-5-3-11(15)16/h1-2,7,13H,3-6H2,(H,15,16). The fourth-order valence-electron chi connectivity index (χ4n) is 1.28. The molecule has 0 unspecified atom stereocenters. The number of hydrogen-bond donors (Lipinski definition) is 2. The molecule has 1 aromatic carbocycles. The Morgan fingerprint density at radius 2 is 2.21 bits per heavy atom. The third-order valence-electron chi connectivity index (χ3n) is 2.19. The number of nitrogens with one attached hydrogen (secondary N) is 1. The number of nitrogens with zero attached hydrogens (tertiary/aromatic N) is 1. The summed E-state index contributed by atoms with van der Waals surface area (Å²) < 4.78 is 5.69. The molecule has 0 bridgehead atoms. The van der Waals surface area contributed by atoms with Crippen LogP contribution in [0.5, 0.6) is 0 Å². The van der Waals surface area contributed by atoms with E-state index in [9.17, 15) is 14.9 Å². The Kier molecular flexibility index (Phi) is 6.23. The number of aliphatic carboxylic acids is 1. The molecule has 0 saturated carbocycles. The zero-order chi connectivity index (χ0) is 14.3. The molecule has 2 N–H and O–H groups in total. The number of rotatable bonds is 8. The van der Waals surface area contributed by atoms with Crippen LogP contribution in [0, 0.1) is 10.1 Å². The predicted molar refractivity (Wildman–Crippen MR) is 72.4 cm³/mol. The summed E-state index contributed by atoms with van der Waals surface area (Å²) in [5.41, 5.74) is 0.725. The molecule has 0 aliphatic carbocycles. The van der Waals surface area contributed by atoms with Gasteiger partial charge >= 0.3 is 5.97 Å². The molecule has 0 aliphatic rings. The number of ether oxygens (including phenoxy) is 1. The summed E-state index contributed by atoms with van der Waals surface area (Å²) in [5, 5.41) is 22.0. The first kappa shape index (κ1) is 15.4. The van der Waals surface area contributed by atoms with Crippen LogP contribution in [0.1, 0.15) is 6.42 Å². The lowest BCUT2D eigenvalue weighted by Gasteiger charge is -2.08. The lowest BCUT2D eigenvalue weighted by molar-refractivity contribution is -0.384. The lowest BCUT2D eigenvalue weighted by Crippen LogP contribution is -2.12. The van der Waals surface area contributed by atoms with Crippen molar-refractivity contribution in [2.45, 2.75) is 6.42 Å². The van der Waals surface area contributed by atoms with Gasteiger partial charge in [-0.05, 0) is 22.0 Å². The van der Waals surface area contributed by atoms with Crippen molar-refractivity contribution in [1.29, 1.82) is 0 Å². The number of nitro benzene ring substituents is 1. The smallest absolute Gasteiger partial charge is 0.305 e. The average molecular weight is 333 g/mol. The van der Waals surface area contributed by atoms with E-state index in [1.807, 2.05) is 0 Å².